The summed E-state index contributed by atoms with van der Waals surface area (Å²) in [5.74, 6) is -0.931. The summed E-state index contributed by atoms with van der Waals surface area (Å²) >= 11 is 0. The second kappa shape index (κ2) is 7.01. The molecule has 2 saturated carbocycles. The van der Waals surface area contributed by atoms with E-state index in [1.54, 1.807) is 0 Å². The molecule has 2 saturated heterocycles. The van der Waals surface area contributed by atoms with Crippen molar-refractivity contribution in [3.8, 4) is 0 Å². The molecule has 8 nitrogen and oxygen atoms in total. The van der Waals surface area contributed by atoms with Crippen LogP contribution in [-0.2, 0) is 27.3 Å². The smallest absolute Gasteiger partial charge is 0.373 e. The minimum atomic E-state index is -4.77. The molecular weight excluding hydrogens is 449 g/mol. The average molecular weight is 470 g/mol. The first-order chi connectivity index (χ1) is 15.0. The van der Waals surface area contributed by atoms with Crippen molar-refractivity contribution in [3.05, 3.63) is 35.3 Å². The summed E-state index contributed by atoms with van der Waals surface area (Å²) in [7, 11) is -3.66. The van der Waals surface area contributed by atoms with Gasteiger partial charge < -0.3 is 10.1 Å². The molecule has 2 aromatic heterocycles. The van der Waals surface area contributed by atoms with Crippen LogP contribution in [0, 0.1) is 5.92 Å². The van der Waals surface area contributed by atoms with Crippen LogP contribution in [0.25, 0.3) is 0 Å². The van der Waals surface area contributed by atoms with E-state index < -0.39 is 38.8 Å². The van der Waals surface area contributed by atoms with Crippen LogP contribution in [0.15, 0.2) is 23.4 Å². The van der Waals surface area contributed by atoms with Gasteiger partial charge in [-0.2, -0.15) is 18.3 Å². The molecule has 0 radical (unpaired) electrons. The van der Waals surface area contributed by atoms with E-state index >= 15 is 0 Å². The highest BCUT2D eigenvalue weighted by Crippen LogP contribution is 2.51. The number of aromatic nitrogens is 3. The van der Waals surface area contributed by atoms with Gasteiger partial charge in [0.25, 0.3) is 5.91 Å². The summed E-state index contributed by atoms with van der Waals surface area (Å²) in [6.45, 7) is 0.628. The molecule has 2 aliphatic heterocycles. The molecule has 0 atom stereocenters. The molecule has 1 amide bonds. The Kier molecular flexibility index (Phi) is 4.68. The summed E-state index contributed by atoms with van der Waals surface area (Å²) in [5.41, 5.74) is -2.28. The zero-order chi connectivity index (χ0) is 22.9. The number of nitrogens with one attached hydrogen (secondary N) is 1. The summed E-state index contributed by atoms with van der Waals surface area (Å²) < 4.78 is 72.7. The Balaban J connectivity index is 1.54. The Morgan fingerprint density at radius 1 is 1.34 bits per heavy atom. The van der Waals surface area contributed by atoms with Crippen molar-refractivity contribution in [2.24, 2.45) is 5.92 Å². The van der Waals surface area contributed by atoms with Crippen LogP contribution >= 0.6 is 0 Å². The molecule has 1 N–H and O–H groups in total. The number of amides is 1. The van der Waals surface area contributed by atoms with E-state index in [0.29, 0.717) is 25.4 Å². The predicted octanol–water partition coefficient (Wildman–Crippen LogP) is 3.01. The van der Waals surface area contributed by atoms with Gasteiger partial charge in [0, 0.05) is 24.1 Å². The second-order valence-corrected chi connectivity index (χ2v) is 10.9. The SMILES string of the molecule is CS(=O)(=O)c1cc(NC(=O)c2c(C(F)(F)F)c(C3CC3)nn2CC23CC(CO2)C3)ccn1. The zero-order valence-corrected chi connectivity index (χ0v) is 18.0. The third-order valence-corrected chi connectivity index (χ3v) is 7.18. The van der Waals surface area contributed by atoms with Gasteiger partial charge in [-0.1, -0.05) is 0 Å². The van der Waals surface area contributed by atoms with Crippen LogP contribution in [-0.4, -0.2) is 47.6 Å². The standard InChI is InChI=1S/C20H21F3N4O4S/c1-32(29,30)14-6-13(4-5-24-14)25-18(28)17-15(20(21,22)23)16(12-2-3-12)26-27(17)10-19-7-11(8-19)9-31-19/h4-6,11-12H,2-3,7-10H2,1H3,(H,24,25,28). The molecule has 4 fully saturated rings. The first-order valence-corrected chi connectivity index (χ1v) is 12.1. The van der Waals surface area contributed by atoms with Crippen molar-refractivity contribution < 1.29 is 31.1 Å². The summed E-state index contributed by atoms with van der Waals surface area (Å²) in [6.07, 6.45) is -0.00263. The minimum Gasteiger partial charge on any atom is -0.373 e. The van der Waals surface area contributed by atoms with Gasteiger partial charge in [0.15, 0.2) is 14.9 Å². The quantitative estimate of drug-likeness (QED) is 0.696. The number of carbonyl (C=O) groups excluding carboxylic acids is 1. The van der Waals surface area contributed by atoms with E-state index in [0.717, 1.165) is 29.8 Å². The van der Waals surface area contributed by atoms with Crippen molar-refractivity contribution in [1.29, 1.82) is 0 Å². The maximum absolute atomic E-state index is 14.1. The number of alkyl halides is 3. The lowest BCUT2D eigenvalue weighted by atomic mass is 9.74. The molecule has 0 spiro atoms. The second-order valence-electron chi connectivity index (χ2n) is 8.92. The van der Waals surface area contributed by atoms with Crippen LogP contribution in [0.5, 0.6) is 0 Å². The van der Waals surface area contributed by atoms with Gasteiger partial charge in [-0.25, -0.2) is 13.4 Å². The Bertz CT molecular complexity index is 1190. The summed E-state index contributed by atoms with van der Waals surface area (Å²) in [4.78, 5) is 16.9. The maximum atomic E-state index is 14.1. The molecular formula is C20H21F3N4O4S. The minimum absolute atomic E-state index is 0.0262. The third-order valence-electron chi connectivity index (χ3n) is 6.20. The van der Waals surface area contributed by atoms with E-state index in [2.05, 4.69) is 15.4 Å². The lowest BCUT2D eigenvalue weighted by Gasteiger charge is -2.36. The number of hydrogen-bond acceptors (Lipinski definition) is 6. The molecule has 4 aliphatic rings. The first kappa shape index (κ1) is 21.4. The highest BCUT2D eigenvalue weighted by Gasteiger charge is 2.54. The molecule has 0 unspecified atom stereocenters. The number of sulfone groups is 1. The van der Waals surface area contributed by atoms with Crippen molar-refractivity contribution >= 4 is 21.4 Å². The van der Waals surface area contributed by atoms with Gasteiger partial charge >= 0.3 is 6.18 Å². The fraction of sp³-hybridized carbons (Fsp3) is 0.550. The van der Waals surface area contributed by atoms with E-state index in [9.17, 15) is 26.4 Å². The van der Waals surface area contributed by atoms with Gasteiger partial charge in [-0.05, 0) is 43.7 Å². The van der Waals surface area contributed by atoms with Crippen LogP contribution in [0.1, 0.15) is 53.3 Å². The Hall–Kier alpha value is -2.47. The normalized spacial score (nSPS) is 24.9. The van der Waals surface area contributed by atoms with E-state index in [1.165, 1.54) is 12.3 Å². The van der Waals surface area contributed by atoms with Gasteiger partial charge in [0.05, 0.1) is 24.4 Å². The number of fused-ring (bicyclic) bond motifs is 1. The van der Waals surface area contributed by atoms with Crippen molar-refractivity contribution in [1.82, 2.24) is 14.8 Å². The molecule has 6 rings (SSSR count). The maximum Gasteiger partial charge on any atom is 0.420 e. The number of nitrogens with zero attached hydrogens (tertiary/aromatic N) is 3. The lowest BCUT2D eigenvalue weighted by molar-refractivity contribution is -0.138. The molecule has 12 heteroatoms. The number of carbonyl (C=O) groups is 1. The molecule has 0 aromatic carbocycles. The van der Waals surface area contributed by atoms with E-state index in [-0.39, 0.29) is 28.9 Å². The van der Waals surface area contributed by atoms with Gasteiger partial charge in [-0.15, -0.1) is 0 Å². The Morgan fingerprint density at radius 2 is 2.06 bits per heavy atom. The summed E-state index contributed by atoms with van der Waals surface area (Å²) in [5, 5.41) is 6.35. The van der Waals surface area contributed by atoms with Crippen LogP contribution in [0.2, 0.25) is 0 Å². The highest BCUT2D eigenvalue weighted by molar-refractivity contribution is 7.90. The molecule has 2 bridgehead atoms. The van der Waals surface area contributed by atoms with Crippen molar-refractivity contribution in [2.45, 2.75) is 54.9 Å². The monoisotopic (exact) mass is 470 g/mol. The topological polar surface area (TPSA) is 103 Å². The Labute approximate surface area is 182 Å². The average Bonchev–Trinajstić information content (AvgIpc) is 3.15. The molecule has 2 aromatic rings. The largest absolute Gasteiger partial charge is 0.420 e. The summed E-state index contributed by atoms with van der Waals surface area (Å²) in [6, 6.07) is 2.43. The molecule has 172 valence electrons. The number of rotatable bonds is 6. The number of pyridine rings is 1. The van der Waals surface area contributed by atoms with Crippen molar-refractivity contribution in [3.63, 3.8) is 0 Å². The van der Waals surface area contributed by atoms with E-state index in [4.69, 9.17) is 4.74 Å². The predicted molar refractivity (Wildman–Crippen MR) is 106 cm³/mol. The Morgan fingerprint density at radius 3 is 2.62 bits per heavy atom. The van der Waals surface area contributed by atoms with Crippen molar-refractivity contribution in [2.75, 3.05) is 18.2 Å². The fourth-order valence-corrected chi connectivity index (χ4v) is 5.19. The van der Waals surface area contributed by atoms with Gasteiger partial charge in [0.1, 0.15) is 11.3 Å². The van der Waals surface area contributed by atoms with Crippen LogP contribution in [0.3, 0.4) is 0 Å². The third kappa shape index (κ3) is 3.79. The molecule has 32 heavy (non-hydrogen) atoms. The number of halogens is 3. The fourth-order valence-electron chi connectivity index (χ4n) is 4.60. The van der Waals surface area contributed by atoms with Gasteiger partial charge in [0.2, 0.25) is 0 Å². The molecule has 4 heterocycles. The highest BCUT2D eigenvalue weighted by atomic mass is 32.2. The zero-order valence-electron chi connectivity index (χ0n) is 17.1. The number of ether oxygens (including phenoxy) is 1. The number of anilines is 1. The molecule has 2 aliphatic carbocycles. The number of hydrogen-bond donors (Lipinski definition) is 1. The first-order valence-electron chi connectivity index (χ1n) is 10.2. The van der Waals surface area contributed by atoms with Crippen LogP contribution < -0.4 is 5.32 Å². The van der Waals surface area contributed by atoms with Crippen LogP contribution in [0.4, 0.5) is 18.9 Å². The van der Waals surface area contributed by atoms with E-state index in [1.807, 2.05) is 0 Å². The lowest BCUT2D eigenvalue weighted by Crippen LogP contribution is -2.42. The van der Waals surface area contributed by atoms with Gasteiger partial charge in [-0.3, -0.25) is 9.48 Å².